The van der Waals surface area contributed by atoms with Crippen molar-refractivity contribution in [3.8, 4) is 0 Å². The standard InChI is InChI=1S/C12H18BN5O/c1-19-13-17-9-3-6-18(7-4-9)12-10-2-5-14-11(10)15-8-16-12/h2,5,8-9,13,17H,3-4,6-7H2,1H3,(H,14,15,16). The maximum atomic E-state index is 5.05. The normalized spacial score (nSPS) is 17.0. The fourth-order valence-electron chi connectivity index (χ4n) is 2.61. The van der Waals surface area contributed by atoms with Gasteiger partial charge in [0.1, 0.15) is 17.8 Å². The third-order valence-corrected chi connectivity index (χ3v) is 3.64. The first-order chi connectivity index (χ1) is 9.38. The maximum Gasteiger partial charge on any atom is 0.360 e. The van der Waals surface area contributed by atoms with Crippen LogP contribution in [0.3, 0.4) is 0 Å². The molecule has 3 rings (SSSR count). The highest BCUT2D eigenvalue weighted by atomic mass is 16.4. The molecule has 0 saturated carbocycles. The summed E-state index contributed by atoms with van der Waals surface area (Å²) in [7, 11) is 2.34. The van der Waals surface area contributed by atoms with Gasteiger partial charge >= 0.3 is 7.62 Å². The number of rotatable bonds is 4. The summed E-state index contributed by atoms with van der Waals surface area (Å²) in [6.45, 7) is 2.03. The van der Waals surface area contributed by atoms with Gasteiger partial charge in [-0.3, -0.25) is 0 Å². The average molecular weight is 259 g/mol. The quantitative estimate of drug-likeness (QED) is 0.779. The smallest absolute Gasteiger partial charge is 0.360 e. The van der Waals surface area contributed by atoms with Crippen molar-refractivity contribution in [1.29, 1.82) is 0 Å². The van der Waals surface area contributed by atoms with E-state index in [0.717, 1.165) is 42.8 Å². The van der Waals surface area contributed by atoms with Crippen molar-refractivity contribution in [3.05, 3.63) is 18.6 Å². The first kappa shape index (κ1) is 12.4. The minimum absolute atomic E-state index is 0.541. The van der Waals surface area contributed by atoms with Gasteiger partial charge in [0.25, 0.3) is 0 Å². The monoisotopic (exact) mass is 259 g/mol. The van der Waals surface area contributed by atoms with Gasteiger partial charge < -0.3 is 19.8 Å². The Balaban J connectivity index is 1.69. The molecule has 7 heteroatoms. The Labute approximate surface area is 112 Å². The summed E-state index contributed by atoms with van der Waals surface area (Å²) >= 11 is 0. The van der Waals surface area contributed by atoms with Crippen molar-refractivity contribution >= 4 is 24.5 Å². The van der Waals surface area contributed by atoms with Gasteiger partial charge in [-0.05, 0) is 18.9 Å². The van der Waals surface area contributed by atoms with Crippen molar-refractivity contribution in [3.63, 3.8) is 0 Å². The van der Waals surface area contributed by atoms with Gasteiger partial charge in [0.15, 0.2) is 0 Å². The Morgan fingerprint density at radius 3 is 3.05 bits per heavy atom. The minimum atomic E-state index is 0.541. The SMILES string of the molecule is COBNC1CCN(c2ncnc3[nH]ccc23)CC1. The Bertz CT molecular complexity index is 538. The van der Waals surface area contributed by atoms with Crippen molar-refractivity contribution in [2.45, 2.75) is 18.9 Å². The number of fused-ring (bicyclic) bond motifs is 1. The van der Waals surface area contributed by atoms with Crippen LogP contribution in [0.25, 0.3) is 11.0 Å². The van der Waals surface area contributed by atoms with Gasteiger partial charge in [-0.15, -0.1) is 0 Å². The van der Waals surface area contributed by atoms with E-state index in [-0.39, 0.29) is 0 Å². The third-order valence-electron chi connectivity index (χ3n) is 3.64. The largest absolute Gasteiger partial charge is 0.427 e. The summed E-state index contributed by atoms with van der Waals surface area (Å²) < 4.78 is 5.05. The second-order valence-corrected chi connectivity index (χ2v) is 4.84. The summed E-state index contributed by atoms with van der Waals surface area (Å²) in [4.78, 5) is 14.1. The lowest BCUT2D eigenvalue weighted by molar-refractivity contribution is 0.400. The Morgan fingerprint density at radius 1 is 1.42 bits per heavy atom. The van der Waals surface area contributed by atoms with Crippen LogP contribution in [0, 0.1) is 0 Å². The molecule has 0 radical (unpaired) electrons. The number of aromatic nitrogens is 3. The van der Waals surface area contributed by atoms with E-state index in [9.17, 15) is 0 Å². The van der Waals surface area contributed by atoms with E-state index in [1.807, 2.05) is 12.3 Å². The Hall–Kier alpha value is -1.60. The zero-order valence-corrected chi connectivity index (χ0v) is 11.1. The lowest BCUT2D eigenvalue weighted by Gasteiger charge is -2.33. The van der Waals surface area contributed by atoms with Crippen molar-refractivity contribution in [2.24, 2.45) is 0 Å². The molecule has 2 N–H and O–H groups in total. The minimum Gasteiger partial charge on any atom is -0.427 e. The van der Waals surface area contributed by atoms with E-state index < -0.39 is 0 Å². The van der Waals surface area contributed by atoms with E-state index in [2.05, 4.69) is 25.1 Å². The van der Waals surface area contributed by atoms with Gasteiger partial charge in [0.05, 0.1) is 5.39 Å². The molecule has 0 amide bonds. The van der Waals surface area contributed by atoms with Crippen LogP contribution in [0.15, 0.2) is 18.6 Å². The Kier molecular flexibility index (Phi) is 3.66. The number of anilines is 1. The van der Waals surface area contributed by atoms with Crippen LogP contribution in [-0.4, -0.2) is 48.8 Å². The molecule has 1 aliphatic rings. The average Bonchev–Trinajstić information content (AvgIpc) is 2.94. The van der Waals surface area contributed by atoms with E-state index in [1.165, 1.54) is 0 Å². The second-order valence-electron chi connectivity index (χ2n) is 4.84. The molecule has 0 unspecified atom stereocenters. The van der Waals surface area contributed by atoms with Crippen LogP contribution >= 0.6 is 0 Å². The van der Waals surface area contributed by atoms with Crippen LogP contribution in [-0.2, 0) is 4.65 Å². The molecule has 0 atom stereocenters. The molecule has 6 nitrogen and oxygen atoms in total. The summed E-state index contributed by atoms with van der Waals surface area (Å²) in [6.07, 6.45) is 5.76. The van der Waals surface area contributed by atoms with Crippen molar-refractivity contribution < 1.29 is 4.65 Å². The summed E-state index contributed by atoms with van der Waals surface area (Å²) in [6, 6.07) is 2.58. The fraction of sp³-hybridized carbons (Fsp3) is 0.500. The van der Waals surface area contributed by atoms with Gasteiger partial charge in [-0.25, -0.2) is 9.97 Å². The number of hydrogen-bond donors (Lipinski definition) is 2. The fourth-order valence-corrected chi connectivity index (χ4v) is 2.61. The summed E-state index contributed by atoms with van der Waals surface area (Å²) in [5.74, 6) is 1.04. The van der Waals surface area contributed by atoms with Crippen LogP contribution in [0.2, 0.25) is 0 Å². The first-order valence-corrected chi connectivity index (χ1v) is 6.64. The number of nitrogens with one attached hydrogen (secondary N) is 2. The second kappa shape index (κ2) is 5.58. The Morgan fingerprint density at radius 2 is 2.26 bits per heavy atom. The van der Waals surface area contributed by atoms with Gasteiger partial charge in [0.2, 0.25) is 0 Å². The molecule has 1 saturated heterocycles. The molecule has 0 spiro atoms. The molecule has 1 aliphatic heterocycles. The van der Waals surface area contributed by atoms with E-state index in [4.69, 9.17) is 4.65 Å². The maximum absolute atomic E-state index is 5.05. The highest BCUT2D eigenvalue weighted by Gasteiger charge is 2.21. The number of H-pyrrole nitrogens is 1. The third kappa shape index (κ3) is 2.57. The molecule has 0 bridgehead atoms. The van der Waals surface area contributed by atoms with E-state index in [1.54, 1.807) is 13.4 Å². The van der Waals surface area contributed by atoms with Gasteiger partial charge in [0, 0.05) is 32.4 Å². The molecule has 19 heavy (non-hydrogen) atoms. The molecule has 2 aromatic heterocycles. The van der Waals surface area contributed by atoms with Crippen LogP contribution < -0.4 is 10.1 Å². The predicted molar refractivity (Wildman–Crippen MR) is 76.4 cm³/mol. The lowest BCUT2D eigenvalue weighted by atomic mass is 10.0. The number of nitrogens with zero attached hydrogens (tertiary/aromatic N) is 3. The molecule has 3 heterocycles. The topological polar surface area (TPSA) is 66.1 Å². The van der Waals surface area contributed by atoms with Crippen LogP contribution in [0.4, 0.5) is 5.82 Å². The summed E-state index contributed by atoms with van der Waals surface area (Å²) in [5, 5.41) is 4.49. The molecule has 0 aliphatic carbocycles. The highest BCUT2D eigenvalue weighted by molar-refractivity contribution is 6.23. The molecular weight excluding hydrogens is 241 g/mol. The highest BCUT2D eigenvalue weighted by Crippen LogP contribution is 2.24. The molecule has 0 aromatic carbocycles. The van der Waals surface area contributed by atoms with Crippen molar-refractivity contribution in [1.82, 2.24) is 20.2 Å². The van der Waals surface area contributed by atoms with Gasteiger partial charge in [-0.1, -0.05) is 0 Å². The van der Waals surface area contributed by atoms with Crippen LogP contribution in [0.1, 0.15) is 12.8 Å². The predicted octanol–water partition coefficient (Wildman–Crippen LogP) is 0.429. The first-order valence-electron chi connectivity index (χ1n) is 6.64. The molecular formula is C12H18BN5O. The van der Waals surface area contributed by atoms with Crippen molar-refractivity contribution in [2.75, 3.05) is 25.1 Å². The van der Waals surface area contributed by atoms with E-state index >= 15 is 0 Å². The zero-order valence-electron chi connectivity index (χ0n) is 11.1. The number of piperidine rings is 1. The number of aromatic amines is 1. The van der Waals surface area contributed by atoms with Gasteiger partial charge in [-0.2, -0.15) is 0 Å². The van der Waals surface area contributed by atoms with Crippen LogP contribution in [0.5, 0.6) is 0 Å². The lowest BCUT2D eigenvalue weighted by Crippen LogP contribution is -2.44. The molecule has 1 fully saturated rings. The summed E-state index contributed by atoms with van der Waals surface area (Å²) in [5.41, 5.74) is 0.907. The molecule has 100 valence electrons. The number of hydrogen-bond acceptors (Lipinski definition) is 5. The molecule has 2 aromatic rings. The van der Waals surface area contributed by atoms with E-state index in [0.29, 0.717) is 13.7 Å². The zero-order chi connectivity index (χ0) is 13.1.